The topological polar surface area (TPSA) is 55.1 Å². The fourth-order valence-electron chi connectivity index (χ4n) is 4.35. The van der Waals surface area contributed by atoms with Crippen LogP contribution >= 0.6 is 12.4 Å². The fraction of sp³-hybridized carbons (Fsp3) is 0.938. The molecule has 118 valence electrons. The Hall–Kier alpha value is -0.280. The summed E-state index contributed by atoms with van der Waals surface area (Å²) in [7, 11) is 0. The van der Waals surface area contributed by atoms with Crippen molar-refractivity contribution in [3.63, 3.8) is 0 Å². The lowest BCUT2D eigenvalue weighted by atomic mass is 9.82. The second kappa shape index (κ2) is 6.65. The monoisotopic (exact) mass is 302 g/mol. The van der Waals surface area contributed by atoms with Crippen LogP contribution in [0.15, 0.2) is 0 Å². The van der Waals surface area contributed by atoms with Crippen molar-refractivity contribution in [3.05, 3.63) is 0 Å². The van der Waals surface area contributed by atoms with E-state index in [1.807, 2.05) is 0 Å². The summed E-state index contributed by atoms with van der Waals surface area (Å²) >= 11 is 0. The normalized spacial score (nSPS) is 32.3. The molecule has 0 saturated heterocycles. The smallest absolute Gasteiger partial charge is 0.224 e. The minimum absolute atomic E-state index is 0. The number of halogens is 1. The molecule has 0 aromatic rings. The molecule has 0 radical (unpaired) electrons. The van der Waals surface area contributed by atoms with Crippen molar-refractivity contribution in [3.8, 4) is 0 Å². The van der Waals surface area contributed by atoms with E-state index in [9.17, 15) is 4.79 Å². The Morgan fingerprint density at radius 3 is 2.40 bits per heavy atom. The molecule has 2 aliphatic rings. The summed E-state index contributed by atoms with van der Waals surface area (Å²) in [4.78, 5) is 12.4. The van der Waals surface area contributed by atoms with Crippen LogP contribution in [0.4, 0.5) is 0 Å². The molecule has 2 aliphatic carbocycles. The first-order valence-corrected chi connectivity index (χ1v) is 7.83. The average molecular weight is 303 g/mol. The lowest BCUT2D eigenvalue weighted by Crippen LogP contribution is -2.47. The van der Waals surface area contributed by atoms with Crippen LogP contribution in [0.25, 0.3) is 0 Å². The molecule has 4 unspecified atom stereocenters. The second-order valence-electron chi connectivity index (χ2n) is 7.92. The van der Waals surface area contributed by atoms with Gasteiger partial charge < -0.3 is 11.1 Å². The Balaban J connectivity index is 0.00000200. The average Bonchev–Trinajstić information content (AvgIpc) is 2.84. The number of fused-ring (bicyclic) bond motifs is 2. The van der Waals surface area contributed by atoms with Gasteiger partial charge in [0.1, 0.15) is 0 Å². The van der Waals surface area contributed by atoms with Crippen LogP contribution in [0.3, 0.4) is 0 Å². The molecule has 3 N–H and O–H groups in total. The number of carbonyl (C=O) groups excluding carboxylic acids is 1. The molecule has 1 amide bonds. The molecule has 0 aromatic heterocycles. The Kier molecular flexibility index (Phi) is 5.91. The van der Waals surface area contributed by atoms with E-state index in [1.165, 1.54) is 19.3 Å². The van der Waals surface area contributed by atoms with Crippen molar-refractivity contribution in [2.75, 3.05) is 6.54 Å². The first kappa shape index (κ1) is 17.8. The van der Waals surface area contributed by atoms with Crippen molar-refractivity contribution in [1.82, 2.24) is 5.32 Å². The van der Waals surface area contributed by atoms with E-state index < -0.39 is 0 Å². The van der Waals surface area contributed by atoms with E-state index in [1.54, 1.807) is 0 Å². The Morgan fingerprint density at radius 1 is 1.30 bits per heavy atom. The van der Waals surface area contributed by atoms with E-state index in [0.29, 0.717) is 17.8 Å². The number of amides is 1. The molecule has 0 aliphatic heterocycles. The highest BCUT2D eigenvalue weighted by molar-refractivity contribution is 5.85. The maximum Gasteiger partial charge on any atom is 0.224 e. The van der Waals surface area contributed by atoms with Gasteiger partial charge in [-0.3, -0.25) is 4.79 Å². The number of hydrogen-bond acceptors (Lipinski definition) is 2. The van der Waals surface area contributed by atoms with Gasteiger partial charge in [-0.2, -0.15) is 0 Å². The van der Waals surface area contributed by atoms with Crippen LogP contribution in [-0.2, 0) is 4.79 Å². The Morgan fingerprint density at radius 2 is 1.90 bits per heavy atom. The van der Waals surface area contributed by atoms with E-state index in [0.717, 1.165) is 13.0 Å². The standard InChI is InChI=1S/C16H30N2O.ClH/c1-10(2)8-16(3,4)9-18-15(19)13-11-5-6-12(7-11)14(13)17;/h10-14H,5-9,17H2,1-4H3,(H,18,19);1H. The molecule has 20 heavy (non-hydrogen) atoms. The van der Waals surface area contributed by atoms with Gasteiger partial charge in [0, 0.05) is 12.6 Å². The maximum atomic E-state index is 12.4. The molecule has 4 heteroatoms. The van der Waals surface area contributed by atoms with Crippen molar-refractivity contribution < 1.29 is 4.79 Å². The number of rotatable bonds is 5. The third-order valence-corrected chi connectivity index (χ3v) is 4.99. The zero-order valence-corrected chi connectivity index (χ0v) is 14.1. The highest BCUT2D eigenvalue weighted by Gasteiger charge is 2.49. The molecule has 3 nitrogen and oxygen atoms in total. The lowest BCUT2D eigenvalue weighted by Gasteiger charge is -2.31. The third-order valence-electron chi connectivity index (χ3n) is 4.99. The minimum atomic E-state index is 0. The SMILES string of the molecule is CC(C)CC(C)(C)CNC(=O)C1C2CCC(C2)C1N.Cl. The predicted octanol–water partition coefficient (Wildman–Crippen LogP) is 2.97. The van der Waals surface area contributed by atoms with Crippen LogP contribution < -0.4 is 11.1 Å². The molecule has 4 atom stereocenters. The quantitative estimate of drug-likeness (QED) is 0.820. The van der Waals surface area contributed by atoms with Gasteiger partial charge in [-0.25, -0.2) is 0 Å². The zero-order chi connectivity index (χ0) is 14.2. The zero-order valence-electron chi connectivity index (χ0n) is 13.3. The Labute approximate surface area is 129 Å². The molecular formula is C16H31ClN2O. The summed E-state index contributed by atoms with van der Waals surface area (Å²) in [6, 6.07) is 0.104. The van der Waals surface area contributed by atoms with Gasteiger partial charge in [0.05, 0.1) is 5.92 Å². The summed E-state index contributed by atoms with van der Waals surface area (Å²) in [6.45, 7) is 9.69. The first-order valence-electron chi connectivity index (χ1n) is 7.83. The molecule has 0 heterocycles. The molecule has 2 rings (SSSR count). The predicted molar refractivity (Wildman–Crippen MR) is 85.8 cm³/mol. The fourth-order valence-corrected chi connectivity index (χ4v) is 4.35. The number of nitrogens with one attached hydrogen (secondary N) is 1. The maximum absolute atomic E-state index is 12.4. The van der Waals surface area contributed by atoms with Crippen LogP contribution in [0.2, 0.25) is 0 Å². The van der Waals surface area contributed by atoms with Gasteiger partial charge in [-0.1, -0.05) is 27.7 Å². The summed E-state index contributed by atoms with van der Waals surface area (Å²) in [5.41, 5.74) is 6.40. The minimum Gasteiger partial charge on any atom is -0.355 e. The van der Waals surface area contributed by atoms with Gasteiger partial charge in [-0.05, 0) is 48.9 Å². The van der Waals surface area contributed by atoms with Crippen molar-refractivity contribution in [1.29, 1.82) is 0 Å². The molecule has 2 bridgehead atoms. The number of nitrogens with two attached hydrogens (primary N) is 1. The van der Waals surface area contributed by atoms with Gasteiger partial charge >= 0.3 is 0 Å². The highest BCUT2D eigenvalue weighted by Crippen LogP contribution is 2.47. The summed E-state index contributed by atoms with van der Waals surface area (Å²) in [5.74, 6) is 2.10. The van der Waals surface area contributed by atoms with Crippen molar-refractivity contribution in [2.24, 2.45) is 34.8 Å². The van der Waals surface area contributed by atoms with Gasteiger partial charge in [0.2, 0.25) is 5.91 Å². The van der Waals surface area contributed by atoms with Gasteiger partial charge in [0.15, 0.2) is 0 Å². The lowest BCUT2D eigenvalue weighted by molar-refractivity contribution is -0.127. The van der Waals surface area contributed by atoms with Crippen LogP contribution in [-0.4, -0.2) is 18.5 Å². The van der Waals surface area contributed by atoms with Crippen LogP contribution in [0.5, 0.6) is 0 Å². The largest absolute Gasteiger partial charge is 0.355 e. The molecule has 2 fully saturated rings. The molecule has 0 aromatic carbocycles. The van der Waals surface area contributed by atoms with Crippen LogP contribution in [0, 0.1) is 29.1 Å². The number of hydrogen-bond donors (Lipinski definition) is 2. The van der Waals surface area contributed by atoms with Gasteiger partial charge in [-0.15, -0.1) is 12.4 Å². The van der Waals surface area contributed by atoms with E-state index in [-0.39, 0.29) is 35.7 Å². The van der Waals surface area contributed by atoms with Crippen molar-refractivity contribution in [2.45, 2.75) is 59.4 Å². The van der Waals surface area contributed by atoms with Crippen LogP contribution in [0.1, 0.15) is 53.4 Å². The van der Waals surface area contributed by atoms with E-state index in [4.69, 9.17) is 5.73 Å². The van der Waals surface area contributed by atoms with Crippen molar-refractivity contribution >= 4 is 18.3 Å². The first-order chi connectivity index (χ1) is 8.80. The summed E-state index contributed by atoms with van der Waals surface area (Å²) in [6.07, 6.45) is 4.74. The second-order valence-corrected chi connectivity index (χ2v) is 7.92. The molecular weight excluding hydrogens is 272 g/mol. The molecule has 2 saturated carbocycles. The summed E-state index contributed by atoms with van der Waals surface area (Å²) in [5, 5.41) is 3.17. The Bertz CT molecular complexity index is 341. The molecule has 0 spiro atoms. The third kappa shape index (κ3) is 3.88. The van der Waals surface area contributed by atoms with E-state index >= 15 is 0 Å². The van der Waals surface area contributed by atoms with Gasteiger partial charge in [0.25, 0.3) is 0 Å². The van der Waals surface area contributed by atoms with E-state index in [2.05, 4.69) is 33.0 Å². The highest BCUT2D eigenvalue weighted by atomic mass is 35.5. The number of carbonyl (C=O) groups is 1. The summed E-state index contributed by atoms with van der Waals surface area (Å²) < 4.78 is 0.